The average molecular weight is 480 g/mol. The van der Waals surface area contributed by atoms with Crippen molar-refractivity contribution in [3.8, 4) is 28.1 Å². The number of thiophene rings is 1. The van der Waals surface area contributed by atoms with Crippen LogP contribution in [0.15, 0.2) is 78.9 Å². The number of nitrogens with two attached hydrogens (primary N) is 1. The van der Waals surface area contributed by atoms with Gasteiger partial charge in [0.05, 0.1) is 18.5 Å². The Bertz CT molecular complexity index is 1520. The lowest BCUT2D eigenvalue weighted by Gasteiger charge is -2.11. The van der Waals surface area contributed by atoms with Crippen molar-refractivity contribution < 1.29 is 9.53 Å². The molecule has 0 aliphatic carbocycles. The van der Waals surface area contributed by atoms with Gasteiger partial charge in [0.2, 0.25) is 0 Å². The third-order valence-electron chi connectivity index (χ3n) is 6.10. The number of amides is 1. The third kappa shape index (κ3) is 4.24. The van der Waals surface area contributed by atoms with E-state index in [0.29, 0.717) is 10.6 Å². The number of aromatic nitrogens is 1. The largest absolute Gasteiger partial charge is 0.497 e. The lowest BCUT2D eigenvalue weighted by atomic mass is 9.99. The molecule has 0 saturated heterocycles. The molecule has 174 valence electrons. The molecule has 5 aromatic rings. The molecule has 0 atom stereocenters. The molecule has 3 aromatic carbocycles. The molecule has 0 unspecified atom stereocenters. The van der Waals surface area contributed by atoms with Gasteiger partial charge >= 0.3 is 0 Å². The Morgan fingerprint density at radius 3 is 2.26 bits per heavy atom. The number of fused-ring (bicyclic) bond motifs is 1. The number of ether oxygens (including phenoxy) is 1. The highest BCUT2D eigenvalue weighted by molar-refractivity contribution is 7.21. The van der Waals surface area contributed by atoms with Gasteiger partial charge < -0.3 is 15.8 Å². The number of carbonyl (C=O) groups excluding carboxylic acids is 1. The van der Waals surface area contributed by atoms with Crippen LogP contribution in [-0.4, -0.2) is 18.0 Å². The van der Waals surface area contributed by atoms with Crippen molar-refractivity contribution in [1.82, 2.24) is 4.98 Å². The molecule has 5 rings (SSSR count). The number of hydrogen-bond acceptors (Lipinski definition) is 5. The minimum Gasteiger partial charge on any atom is -0.497 e. The Morgan fingerprint density at radius 1 is 0.914 bits per heavy atom. The lowest BCUT2D eigenvalue weighted by Crippen LogP contribution is -2.13. The Hall–Kier alpha value is -4.16. The van der Waals surface area contributed by atoms with Crippen LogP contribution in [0.2, 0.25) is 0 Å². The van der Waals surface area contributed by atoms with E-state index < -0.39 is 0 Å². The number of nitrogen functional groups attached to an aromatic ring is 1. The second-order valence-electron chi connectivity index (χ2n) is 8.40. The monoisotopic (exact) mass is 479 g/mol. The van der Waals surface area contributed by atoms with Crippen LogP contribution < -0.4 is 15.8 Å². The van der Waals surface area contributed by atoms with Crippen LogP contribution in [0.5, 0.6) is 5.75 Å². The van der Waals surface area contributed by atoms with Crippen LogP contribution in [0.3, 0.4) is 0 Å². The minimum absolute atomic E-state index is 0.229. The predicted molar refractivity (Wildman–Crippen MR) is 145 cm³/mol. The Labute approximate surface area is 208 Å². The second-order valence-corrected chi connectivity index (χ2v) is 9.39. The zero-order chi connectivity index (χ0) is 24.5. The SMILES string of the molecule is COc1ccc(-c2cc(-c3ccccc3)c3c(N)c(C(=O)Nc4c(C)cccc4C)sc3n2)cc1. The van der Waals surface area contributed by atoms with Crippen LogP contribution in [0.25, 0.3) is 32.6 Å². The summed E-state index contributed by atoms with van der Waals surface area (Å²) < 4.78 is 5.30. The summed E-state index contributed by atoms with van der Waals surface area (Å²) in [6.45, 7) is 3.96. The average Bonchev–Trinajstić information content (AvgIpc) is 3.22. The maximum Gasteiger partial charge on any atom is 0.267 e. The van der Waals surface area contributed by atoms with E-state index in [2.05, 4.69) is 5.32 Å². The smallest absolute Gasteiger partial charge is 0.267 e. The predicted octanol–water partition coefficient (Wildman–Crippen LogP) is 7.09. The number of nitrogens with one attached hydrogen (secondary N) is 1. The van der Waals surface area contributed by atoms with E-state index in [4.69, 9.17) is 15.5 Å². The zero-order valence-corrected chi connectivity index (χ0v) is 20.6. The third-order valence-corrected chi connectivity index (χ3v) is 7.19. The normalized spacial score (nSPS) is 10.9. The maximum atomic E-state index is 13.4. The van der Waals surface area contributed by atoms with Gasteiger partial charge in [-0.1, -0.05) is 48.5 Å². The van der Waals surface area contributed by atoms with Crippen LogP contribution >= 0.6 is 11.3 Å². The number of benzene rings is 3. The summed E-state index contributed by atoms with van der Waals surface area (Å²) in [4.78, 5) is 19.5. The van der Waals surface area contributed by atoms with Crippen LogP contribution in [-0.2, 0) is 0 Å². The topological polar surface area (TPSA) is 77.2 Å². The van der Waals surface area contributed by atoms with E-state index in [1.54, 1.807) is 7.11 Å². The summed E-state index contributed by atoms with van der Waals surface area (Å²) in [5.74, 6) is 0.553. The highest BCUT2D eigenvalue weighted by Crippen LogP contribution is 2.41. The van der Waals surface area contributed by atoms with Crippen LogP contribution in [0.4, 0.5) is 11.4 Å². The minimum atomic E-state index is -0.229. The summed E-state index contributed by atoms with van der Waals surface area (Å²) >= 11 is 1.32. The number of methoxy groups -OCH3 is 1. The molecule has 0 saturated carbocycles. The summed E-state index contributed by atoms with van der Waals surface area (Å²) in [6.07, 6.45) is 0. The van der Waals surface area contributed by atoms with E-state index in [-0.39, 0.29) is 5.91 Å². The number of nitrogens with zero attached hydrogens (tertiary/aromatic N) is 1. The number of para-hydroxylation sites is 1. The first kappa shape index (κ1) is 22.6. The Kier molecular flexibility index (Phi) is 5.97. The van der Waals surface area contributed by atoms with E-state index >= 15 is 0 Å². The van der Waals surface area contributed by atoms with Crippen molar-refractivity contribution in [2.45, 2.75) is 13.8 Å². The van der Waals surface area contributed by atoms with E-state index in [0.717, 1.165) is 55.2 Å². The number of aryl methyl sites for hydroxylation is 2. The molecule has 2 aromatic heterocycles. The Balaban J connectivity index is 1.66. The zero-order valence-electron chi connectivity index (χ0n) is 19.8. The summed E-state index contributed by atoms with van der Waals surface area (Å²) in [5, 5.41) is 3.86. The van der Waals surface area contributed by atoms with Crippen molar-refractivity contribution >= 4 is 38.8 Å². The Morgan fingerprint density at radius 2 is 1.60 bits per heavy atom. The fraction of sp³-hybridized carbons (Fsp3) is 0.103. The molecule has 0 spiro atoms. The van der Waals surface area contributed by atoms with Gasteiger partial charge in [0.15, 0.2) is 0 Å². The molecule has 0 aliphatic heterocycles. The van der Waals surface area contributed by atoms with Crippen LogP contribution in [0.1, 0.15) is 20.8 Å². The number of pyridine rings is 1. The van der Waals surface area contributed by atoms with Crippen molar-refractivity contribution in [1.29, 1.82) is 0 Å². The first-order valence-corrected chi connectivity index (χ1v) is 12.1. The highest BCUT2D eigenvalue weighted by Gasteiger charge is 2.22. The molecule has 2 heterocycles. The van der Waals surface area contributed by atoms with Crippen molar-refractivity contribution in [3.05, 3.63) is 94.9 Å². The van der Waals surface area contributed by atoms with E-state index in [1.807, 2.05) is 92.7 Å². The maximum absolute atomic E-state index is 13.4. The molecule has 0 aliphatic rings. The molecule has 3 N–H and O–H groups in total. The van der Waals surface area contributed by atoms with Crippen LogP contribution in [0, 0.1) is 13.8 Å². The fourth-order valence-electron chi connectivity index (χ4n) is 4.23. The number of anilines is 2. The van der Waals surface area contributed by atoms with Gasteiger partial charge in [-0.3, -0.25) is 4.79 Å². The standard InChI is InChI=1S/C29H25N3O2S/c1-17-8-7-9-18(2)26(17)32-28(33)27-25(30)24-22(19-10-5-4-6-11-19)16-23(31-29(24)35-27)20-12-14-21(34-3)15-13-20/h4-16H,30H2,1-3H3,(H,32,33). The van der Waals surface area contributed by atoms with E-state index in [9.17, 15) is 4.79 Å². The molecular weight excluding hydrogens is 454 g/mol. The van der Waals surface area contributed by atoms with Crippen molar-refractivity contribution in [3.63, 3.8) is 0 Å². The number of carbonyl (C=O) groups is 1. The molecule has 0 radical (unpaired) electrons. The lowest BCUT2D eigenvalue weighted by molar-refractivity contribution is 0.103. The van der Waals surface area contributed by atoms with Gasteiger partial charge in [0.1, 0.15) is 15.5 Å². The molecule has 6 heteroatoms. The van der Waals surface area contributed by atoms with Gasteiger partial charge in [-0.25, -0.2) is 4.98 Å². The van der Waals surface area contributed by atoms with Gasteiger partial charge in [0, 0.05) is 16.6 Å². The summed E-state index contributed by atoms with van der Waals surface area (Å²) in [5.41, 5.74) is 13.6. The molecule has 0 bridgehead atoms. The second kappa shape index (κ2) is 9.24. The molecule has 1 amide bonds. The van der Waals surface area contributed by atoms with Gasteiger partial charge in [0.25, 0.3) is 5.91 Å². The molecule has 0 fully saturated rings. The molecule has 5 nitrogen and oxygen atoms in total. The van der Waals surface area contributed by atoms with Gasteiger partial charge in [-0.15, -0.1) is 11.3 Å². The number of hydrogen-bond donors (Lipinski definition) is 2. The quantitative estimate of drug-likeness (QED) is 0.282. The fourth-order valence-corrected chi connectivity index (χ4v) is 5.24. The molecule has 35 heavy (non-hydrogen) atoms. The molecular formula is C29H25N3O2S. The highest BCUT2D eigenvalue weighted by atomic mass is 32.1. The van der Waals surface area contributed by atoms with Gasteiger partial charge in [-0.05, 0) is 66.4 Å². The first-order chi connectivity index (χ1) is 17.0. The van der Waals surface area contributed by atoms with Gasteiger partial charge in [-0.2, -0.15) is 0 Å². The number of rotatable bonds is 5. The van der Waals surface area contributed by atoms with Crippen molar-refractivity contribution in [2.24, 2.45) is 0 Å². The first-order valence-electron chi connectivity index (χ1n) is 11.3. The summed E-state index contributed by atoms with van der Waals surface area (Å²) in [7, 11) is 1.65. The van der Waals surface area contributed by atoms with E-state index in [1.165, 1.54) is 11.3 Å². The summed E-state index contributed by atoms with van der Waals surface area (Å²) in [6, 6.07) is 25.8. The van der Waals surface area contributed by atoms with Crippen molar-refractivity contribution in [2.75, 3.05) is 18.2 Å².